The van der Waals surface area contributed by atoms with Crippen molar-refractivity contribution in [3.63, 3.8) is 0 Å². The van der Waals surface area contributed by atoms with E-state index in [9.17, 15) is 18.4 Å². The zero-order chi connectivity index (χ0) is 11.4. The van der Waals surface area contributed by atoms with Crippen LogP contribution in [0.5, 0.6) is 0 Å². The molecule has 0 aliphatic carbocycles. The quantitative estimate of drug-likeness (QED) is 0.264. The number of amides is 2. The number of para-hydroxylation sites is 1. The lowest BCUT2D eigenvalue weighted by Gasteiger charge is -2.05. The molecule has 0 saturated heterocycles. The number of hydrazine groups is 1. The van der Waals surface area contributed by atoms with Crippen molar-refractivity contribution < 1.29 is 18.4 Å². The molecule has 0 heterocycles. The van der Waals surface area contributed by atoms with Crippen molar-refractivity contribution >= 4 is 17.5 Å². The molecule has 0 spiro atoms. The summed E-state index contributed by atoms with van der Waals surface area (Å²) >= 11 is 0. The molecule has 2 amide bonds. The number of nitrogens with one attached hydrogen (secondary N) is 2. The molecule has 80 valence electrons. The predicted octanol–water partition coefficient (Wildman–Crippen LogP) is -0.107. The first kappa shape index (κ1) is 11.1. The number of hydrogen-bond acceptors (Lipinski definition) is 3. The first-order valence-electron chi connectivity index (χ1n) is 3.82. The zero-order valence-corrected chi connectivity index (χ0v) is 7.38. The maximum atomic E-state index is 13.0. The van der Waals surface area contributed by atoms with Gasteiger partial charge in [-0.3, -0.25) is 15.0 Å². The molecule has 0 unspecified atom stereocenters. The van der Waals surface area contributed by atoms with Crippen LogP contribution in [0.25, 0.3) is 0 Å². The fourth-order valence-electron chi connectivity index (χ4n) is 0.853. The molecule has 1 rings (SSSR count). The fraction of sp³-hybridized carbons (Fsp3) is 0. The van der Waals surface area contributed by atoms with E-state index >= 15 is 0 Å². The molecule has 0 aromatic heterocycles. The van der Waals surface area contributed by atoms with Gasteiger partial charge in [-0.2, -0.15) is 0 Å². The van der Waals surface area contributed by atoms with Crippen LogP contribution in [0.2, 0.25) is 0 Å². The smallest absolute Gasteiger partial charge is 0.313 e. The number of carbonyl (C=O) groups is 2. The number of halogens is 2. The summed E-state index contributed by atoms with van der Waals surface area (Å²) in [5.41, 5.74) is 0.839. The van der Waals surface area contributed by atoms with Crippen molar-refractivity contribution in [1.82, 2.24) is 5.43 Å². The highest BCUT2D eigenvalue weighted by Gasteiger charge is 2.16. The molecular weight excluding hydrogens is 208 g/mol. The van der Waals surface area contributed by atoms with Gasteiger partial charge in [0.1, 0.15) is 17.3 Å². The Bertz CT molecular complexity index is 389. The highest BCUT2D eigenvalue weighted by molar-refractivity contribution is 6.39. The van der Waals surface area contributed by atoms with Gasteiger partial charge in [0.15, 0.2) is 0 Å². The van der Waals surface area contributed by atoms with Gasteiger partial charge >= 0.3 is 11.8 Å². The predicted molar refractivity (Wildman–Crippen MR) is 47.3 cm³/mol. The Morgan fingerprint density at radius 3 is 2.13 bits per heavy atom. The number of hydrogen-bond donors (Lipinski definition) is 3. The van der Waals surface area contributed by atoms with Crippen LogP contribution in [0.3, 0.4) is 0 Å². The van der Waals surface area contributed by atoms with Crippen LogP contribution in [0.15, 0.2) is 18.2 Å². The average Bonchev–Trinajstić information content (AvgIpc) is 2.22. The largest absolute Gasteiger partial charge is 0.323 e. The lowest BCUT2D eigenvalue weighted by atomic mass is 10.3. The van der Waals surface area contributed by atoms with E-state index < -0.39 is 29.1 Å². The first-order chi connectivity index (χ1) is 7.06. The van der Waals surface area contributed by atoms with E-state index in [4.69, 9.17) is 0 Å². The zero-order valence-electron chi connectivity index (χ0n) is 7.38. The second-order valence-electron chi connectivity index (χ2n) is 2.52. The van der Waals surface area contributed by atoms with E-state index in [1.807, 2.05) is 0 Å². The van der Waals surface area contributed by atoms with Crippen molar-refractivity contribution in [3.05, 3.63) is 29.8 Å². The minimum absolute atomic E-state index is 0.689. The molecular formula is C8H7F2N3O2. The second kappa shape index (κ2) is 4.47. The molecule has 0 aliphatic rings. The summed E-state index contributed by atoms with van der Waals surface area (Å²) in [6, 6.07) is 3.02. The summed E-state index contributed by atoms with van der Waals surface area (Å²) in [4.78, 5) is 21.6. The van der Waals surface area contributed by atoms with Gasteiger partial charge in [-0.1, -0.05) is 6.07 Å². The molecule has 1 aromatic rings. The van der Waals surface area contributed by atoms with Gasteiger partial charge in [-0.25, -0.2) is 14.6 Å². The molecule has 15 heavy (non-hydrogen) atoms. The number of carbonyl (C=O) groups excluding carboxylic acids is 2. The van der Waals surface area contributed by atoms with Crippen molar-refractivity contribution in [3.8, 4) is 0 Å². The summed E-state index contributed by atoms with van der Waals surface area (Å²) in [6.45, 7) is 0. The maximum absolute atomic E-state index is 13.0. The Hall–Kier alpha value is -2.02. The number of nitrogens with two attached hydrogens (primary N) is 1. The second-order valence-corrected chi connectivity index (χ2v) is 2.52. The first-order valence-corrected chi connectivity index (χ1v) is 3.82. The molecule has 0 bridgehead atoms. The fourth-order valence-corrected chi connectivity index (χ4v) is 0.853. The Kier molecular flexibility index (Phi) is 3.29. The van der Waals surface area contributed by atoms with Crippen molar-refractivity contribution in [2.24, 2.45) is 5.84 Å². The average molecular weight is 215 g/mol. The Labute approximate surface area is 83.2 Å². The van der Waals surface area contributed by atoms with Gasteiger partial charge in [-0.15, -0.1) is 0 Å². The van der Waals surface area contributed by atoms with Gasteiger partial charge in [0.05, 0.1) is 0 Å². The van der Waals surface area contributed by atoms with Crippen LogP contribution in [0.1, 0.15) is 0 Å². The van der Waals surface area contributed by atoms with E-state index in [-0.39, 0.29) is 0 Å². The van der Waals surface area contributed by atoms with Crippen molar-refractivity contribution in [1.29, 1.82) is 0 Å². The molecule has 5 nitrogen and oxygen atoms in total. The SMILES string of the molecule is NNC(=O)C(=O)Nc1c(F)cccc1F. The van der Waals surface area contributed by atoms with Crippen LogP contribution < -0.4 is 16.6 Å². The number of anilines is 1. The lowest BCUT2D eigenvalue weighted by molar-refractivity contribution is -0.136. The Morgan fingerprint density at radius 1 is 1.13 bits per heavy atom. The molecule has 1 aromatic carbocycles. The van der Waals surface area contributed by atoms with Gasteiger partial charge in [-0.05, 0) is 12.1 Å². The number of rotatable bonds is 1. The third kappa shape index (κ3) is 2.47. The van der Waals surface area contributed by atoms with E-state index in [0.717, 1.165) is 18.2 Å². The van der Waals surface area contributed by atoms with Gasteiger partial charge < -0.3 is 5.32 Å². The van der Waals surface area contributed by atoms with Gasteiger partial charge in [0, 0.05) is 0 Å². The standard InChI is InChI=1S/C8H7F2N3O2/c9-4-2-1-3-5(10)6(4)12-7(14)8(15)13-11/h1-3H,11H2,(H,12,14)(H,13,15). The van der Waals surface area contributed by atoms with Crippen molar-refractivity contribution in [2.45, 2.75) is 0 Å². The van der Waals surface area contributed by atoms with E-state index in [1.165, 1.54) is 5.43 Å². The Balaban J connectivity index is 2.90. The van der Waals surface area contributed by atoms with Gasteiger partial charge in [0.25, 0.3) is 0 Å². The lowest BCUT2D eigenvalue weighted by Crippen LogP contribution is -2.39. The monoisotopic (exact) mass is 215 g/mol. The highest BCUT2D eigenvalue weighted by Crippen LogP contribution is 2.17. The molecule has 0 saturated carbocycles. The van der Waals surface area contributed by atoms with Crippen LogP contribution in [0.4, 0.5) is 14.5 Å². The van der Waals surface area contributed by atoms with E-state index in [2.05, 4.69) is 5.84 Å². The highest BCUT2D eigenvalue weighted by atomic mass is 19.1. The summed E-state index contributed by atoms with van der Waals surface area (Å²) in [6.07, 6.45) is 0. The molecule has 0 fully saturated rings. The van der Waals surface area contributed by atoms with Crippen LogP contribution >= 0.6 is 0 Å². The minimum atomic E-state index is -1.25. The van der Waals surface area contributed by atoms with E-state index in [0.29, 0.717) is 0 Å². The van der Waals surface area contributed by atoms with E-state index in [1.54, 1.807) is 5.32 Å². The van der Waals surface area contributed by atoms with Crippen molar-refractivity contribution in [2.75, 3.05) is 5.32 Å². The third-order valence-electron chi connectivity index (χ3n) is 1.54. The summed E-state index contributed by atoms with van der Waals surface area (Å²) in [5.74, 6) is 0.253. The maximum Gasteiger partial charge on any atom is 0.323 e. The molecule has 7 heteroatoms. The van der Waals surface area contributed by atoms with Crippen LogP contribution in [-0.2, 0) is 9.59 Å². The topological polar surface area (TPSA) is 84.2 Å². The molecule has 0 radical (unpaired) electrons. The van der Waals surface area contributed by atoms with Crippen LogP contribution in [0, 0.1) is 11.6 Å². The summed E-state index contributed by atoms with van der Waals surface area (Å²) in [7, 11) is 0. The summed E-state index contributed by atoms with van der Waals surface area (Å²) < 4.78 is 25.9. The minimum Gasteiger partial charge on any atom is -0.313 e. The molecule has 0 aliphatic heterocycles. The van der Waals surface area contributed by atoms with Gasteiger partial charge in [0.2, 0.25) is 0 Å². The van der Waals surface area contributed by atoms with Crippen LogP contribution in [-0.4, -0.2) is 11.8 Å². The Morgan fingerprint density at radius 2 is 1.67 bits per heavy atom. The number of benzene rings is 1. The third-order valence-corrected chi connectivity index (χ3v) is 1.54. The molecule has 4 N–H and O–H groups in total. The molecule has 0 atom stereocenters. The summed E-state index contributed by atoms with van der Waals surface area (Å²) in [5, 5.41) is 1.75. The normalized spacial score (nSPS) is 9.53.